The minimum Gasteiger partial charge on any atom is -0.481 e. The number of aromatic nitrogens is 1. The van der Waals surface area contributed by atoms with Gasteiger partial charge in [-0.25, -0.2) is 4.39 Å². The Balaban J connectivity index is 2.60. The summed E-state index contributed by atoms with van der Waals surface area (Å²) in [5.41, 5.74) is 10.0. The Morgan fingerprint density at radius 3 is 2.61 bits per heavy atom. The molecule has 0 bridgehead atoms. The molecule has 6 nitrogen and oxygen atoms in total. The second kappa shape index (κ2) is 7.58. The van der Waals surface area contributed by atoms with Crippen LogP contribution in [0.3, 0.4) is 0 Å². The topological polar surface area (TPSA) is 99.0 Å². The van der Waals surface area contributed by atoms with Crippen LogP contribution >= 0.6 is 11.6 Å². The van der Waals surface area contributed by atoms with E-state index in [0.717, 1.165) is 0 Å². The van der Waals surface area contributed by atoms with Crippen LogP contribution in [0.4, 0.5) is 4.39 Å². The highest BCUT2D eigenvalue weighted by molar-refractivity contribution is 6.30. The van der Waals surface area contributed by atoms with E-state index >= 15 is 0 Å². The third-order valence-electron chi connectivity index (χ3n) is 3.30. The Labute approximate surface area is 136 Å². The molecule has 0 saturated heterocycles. The van der Waals surface area contributed by atoms with Gasteiger partial charge in [0.25, 0.3) is 0 Å². The second-order valence-electron chi connectivity index (χ2n) is 4.78. The molecule has 0 radical (unpaired) electrons. The fraction of sp³-hybridized carbons (Fsp3) is 0.200. The number of azide groups is 1. The number of nitrogens with zero attached hydrogens (tertiary/aromatic N) is 4. The zero-order chi connectivity index (χ0) is 16.8. The quantitative estimate of drug-likeness (QED) is 0.489. The summed E-state index contributed by atoms with van der Waals surface area (Å²) in [6, 6.07) is 6.60. The first-order valence-corrected chi connectivity index (χ1v) is 6.97. The van der Waals surface area contributed by atoms with Crippen molar-refractivity contribution >= 4 is 17.6 Å². The molecule has 118 valence electrons. The first-order valence-electron chi connectivity index (χ1n) is 6.59. The van der Waals surface area contributed by atoms with Gasteiger partial charge in [0.15, 0.2) is 0 Å². The molecule has 0 saturated carbocycles. The number of halogens is 2. The number of hydrogen-bond donors (Lipinski definition) is 1. The van der Waals surface area contributed by atoms with Crippen LogP contribution in [0.1, 0.15) is 22.6 Å². The standard InChI is InChI=1S/C15H12ClFN4O2/c16-12-3-1-10(2-4-12)13(14(15(22)23)20-21-18)11-5-9(6-17)7-19-8-11/h1-5,7-8,13-14H,6H2,(H,22,23)/t13-,14-/m0/s1. The molecule has 0 aliphatic carbocycles. The largest absolute Gasteiger partial charge is 0.481 e. The van der Waals surface area contributed by atoms with E-state index < -0.39 is 24.6 Å². The SMILES string of the molecule is [N-]=[N+]=N[C@H](C(=O)O)[C@@H](c1ccc(Cl)cc1)c1cncc(CF)c1. The van der Waals surface area contributed by atoms with Gasteiger partial charge in [-0.3, -0.25) is 9.78 Å². The van der Waals surface area contributed by atoms with Crippen molar-refractivity contribution in [1.82, 2.24) is 4.98 Å². The van der Waals surface area contributed by atoms with Crippen LogP contribution in [-0.4, -0.2) is 22.1 Å². The fourth-order valence-corrected chi connectivity index (χ4v) is 2.42. The Morgan fingerprint density at radius 1 is 1.35 bits per heavy atom. The van der Waals surface area contributed by atoms with Crippen molar-refractivity contribution < 1.29 is 14.3 Å². The summed E-state index contributed by atoms with van der Waals surface area (Å²) in [4.78, 5) is 18.1. The van der Waals surface area contributed by atoms with Crippen molar-refractivity contribution in [2.45, 2.75) is 18.6 Å². The van der Waals surface area contributed by atoms with Gasteiger partial charge in [0.2, 0.25) is 0 Å². The predicted molar refractivity (Wildman–Crippen MR) is 82.9 cm³/mol. The van der Waals surface area contributed by atoms with Gasteiger partial charge < -0.3 is 5.11 Å². The summed E-state index contributed by atoms with van der Waals surface area (Å²) >= 11 is 5.85. The van der Waals surface area contributed by atoms with Crippen molar-refractivity contribution in [3.8, 4) is 0 Å². The zero-order valence-corrected chi connectivity index (χ0v) is 12.6. The van der Waals surface area contributed by atoms with Crippen molar-refractivity contribution in [3.05, 3.63) is 74.9 Å². The van der Waals surface area contributed by atoms with Gasteiger partial charge >= 0.3 is 5.97 Å². The molecule has 2 atom stereocenters. The lowest BCUT2D eigenvalue weighted by Gasteiger charge is -2.21. The number of hydrogen-bond acceptors (Lipinski definition) is 3. The minimum absolute atomic E-state index is 0.312. The molecule has 0 aliphatic rings. The van der Waals surface area contributed by atoms with Crippen molar-refractivity contribution in [2.75, 3.05) is 0 Å². The number of rotatable bonds is 6. The number of carboxylic acids is 1. The maximum atomic E-state index is 12.9. The maximum Gasteiger partial charge on any atom is 0.313 e. The number of benzene rings is 1. The van der Waals surface area contributed by atoms with Gasteiger partial charge in [0.1, 0.15) is 12.7 Å². The summed E-state index contributed by atoms with van der Waals surface area (Å²) in [5.74, 6) is -2.09. The Kier molecular flexibility index (Phi) is 5.51. The molecule has 23 heavy (non-hydrogen) atoms. The molecule has 1 heterocycles. The van der Waals surface area contributed by atoms with E-state index in [4.69, 9.17) is 17.1 Å². The Bertz CT molecular complexity index is 745. The van der Waals surface area contributed by atoms with E-state index in [1.165, 1.54) is 18.5 Å². The number of carbonyl (C=O) groups is 1. The van der Waals surface area contributed by atoms with Crippen LogP contribution in [0.25, 0.3) is 10.4 Å². The van der Waals surface area contributed by atoms with Crippen molar-refractivity contribution in [1.29, 1.82) is 0 Å². The van der Waals surface area contributed by atoms with E-state index in [9.17, 15) is 14.3 Å². The van der Waals surface area contributed by atoms with E-state index in [-0.39, 0.29) is 0 Å². The lowest BCUT2D eigenvalue weighted by atomic mass is 9.85. The molecule has 0 fully saturated rings. The smallest absolute Gasteiger partial charge is 0.313 e. The molecular weight excluding hydrogens is 323 g/mol. The van der Waals surface area contributed by atoms with Crippen molar-refractivity contribution in [3.63, 3.8) is 0 Å². The van der Waals surface area contributed by atoms with E-state index in [1.807, 2.05) is 0 Å². The van der Waals surface area contributed by atoms with Crippen molar-refractivity contribution in [2.24, 2.45) is 5.11 Å². The summed E-state index contributed by atoms with van der Waals surface area (Å²) in [6.45, 7) is -0.729. The van der Waals surface area contributed by atoms with E-state index in [0.29, 0.717) is 21.7 Å². The molecule has 1 aromatic heterocycles. The summed E-state index contributed by atoms with van der Waals surface area (Å²) in [7, 11) is 0. The van der Waals surface area contributed by atoms with Gasteiger partial charge in [-0.2, -0.15) is 0 Å². The van der Waals surface area contributed by atoms with Gasteiger partial charge in [-0.05, 0) is 34.9 Å². The third kappa shape index (κ3) is 3.97. The lowest BCUT2D eigenvalue weighted by Crippen LogP contribution is -2.27. The van der Waals surface area contributed by atoms with Gasteiger partial charge in [0, 0.05) is 33.8 Å². The van der Waals surface area contributed by atoms with Crippen LogP contribution < -0.4 is 0 Å². The summed E-state index contributed by atoms with van der Waals surface area (Å²) < 4.78 is 12.9. The first kappa shape index (κ1) is 16.7. The fourth-order valence-electron chi connectivity index (χ4n) is 2.29. The maximum absolute atomic E-state index is 12.9. The molecule has 2 rings (SSSR count). The molecular formula is C15H12ClFN4O2. The number of alkyl halides is 1. The summed E-state index contributed by atoms with van der Waals surface area (Å²) in [6.07, 6.45) is 2.78. The molecule has 0 aliphatic heterocycles. The number of pyridine rings is 1. The van der Waals surface area contributed by atoms with Crippen LogP contribution in [0.5, 0.6) is 0 Å². The molecule has 2 aromatic rings. The highest BCUT2D eigenvalue weighted by Gasteiger charge is 2.30. The van der Waals surface area contributed by atoms with Gasteiger partial charge in [0.05, 0.1) is 0 Å². The first-order chi connectivity index (χ1) is 11.1. The lowest BCUT2D eigenvalue weighted by molar-refractivity contribution is -0.138. The van der Waals surface area contributed by atoms with Crippen LogP contribution in [0, 0.1) is 0 Å². The molecule has 0 unspecified atom stereocenters. The van der Waals surface area contributed by atoms with Crippen LogP contribution in [0.2, 0.25) is 5.02 Å². The number of carboxylic acid groups (broad SMARTS) is 1. The highest BCUT2D eigenvalue weighted by Crippen LogP contribution is 2.31. The predicted octanol–water partition coefficient (Wildman–Crippen LogP) is 4.10. The molecule has 0 spiro atoms. The van der Waals surface area contributed by atoms with Gasteiger partial charge in [-0.1, -0.05) is 28.8 Å². The molecule has 1 aromatic carbocycles. The number of aliphatic carboxylic acids is 1. The average Bonchev–Trinajstić information content (AvgIpc) is 2.56. The highest BCUT2D eigenvalue weighted by atomic mass is 35.5. The Hall–Kier alpha value is -2.63. The van der Waals surface area contributed by atoms with Gasteiger partial charge in [-0.15, -0.1) is 0 Å². The zero-order valence-electron chi connectivity index (χ0n) is 11.8. The normalized spacial score (nSPS) is 13.0. The van der Waals surface area contributed by atoms with E-state index in [1.54, 1.807) is 24.3 Å². The second-order valence-corrected chi connectivity index (χ2v) is 5.21. The molecule has 8 heteroatoms. The van der Waals surface area contributed by atoms with E-state index in [2.05, 4.69) is 15.0 Å². The summed E-state index contributed by atoms with van der Waals surface area (Å²) in [5, 5.41) is 13.3. The molecule has 1 N–H and O–H groups in total. The van der Waals surface area contributed by atoms with Crippen LogP contribution in [-0.2, 0) is 11.5 Å². The third-order valence-corrected chi connectivity index (χ3v) is 3.56. The average molecular weight is 335 g/mol. The van der Waals surface area contributed by atoms with Crippen LogP contribution in [0.15, 0.2) is 47.8 Å². The Morgan fingerprint density at radius 2 is 2.04 bits per heavy atom. The minimum atomic E-state index is -1.39. The monoisotopic (exact) mass is 334 g/mol. The molecule has 0 amide bonds.